The van der Waals surface area contributed by atoms with E-state index in [1.165, 1.54) is 6.26 Å². The highest BCUT2D eigenvalue weighted by Gasteiger charge is 2.25. The largest absolute Gasteiger partial charge is 0.329 e. The van der Waals surface area contributed by atoms with Crippen molar-refractivity contribution in [2.24, 2.45) is 11.7 Å². The highest BCUT2D eigenvalue weighted by molar-refractivity contribution is 7.99. The summed E-state index contributed by atoms with van der Waals surface area (Å²) in [5, 5.41) is 0.466. The molecule has 2 atom stereocenters. The lowest BCUT2D eigenvalue weighted by molar-refractivity contribution is 0.286. The third-order valence-corrected chi connectivity index (χ3v) is 5.59. The van der Waals surface area contributed by atoms with E-state index in [9.17, 15) is 8.42 Å². The fraction of sp³-hybridized carbons (Fsp3) is 1.00. The van der Waals surface area contributed by atoms with Gasteiger partial charge in [0, 0.05) is 24.9 Å². The zero-order valence-electron chi connectivity index (χ0n) is 10.1. The van der Waals surface area contributed by atoms with Crippen LogP contribution in [-0.2, 0) is 10.0 Å². The molecular formula is C10H22N2O2S2. The van der Waals surface area contributed by atoms with Crippen molar-refractivity contribution >= 4 is 21.8 Å². The van der Waals surface area contributed by atoms with Crippen LogP contribution in [0.25, 0.3) is 0 Å². The van der Waals surface area contributed by atoms with Crippen molar-refractivity contribution in [3.8, 4) is 0 Å². The standard InChI is InChI=1S/C10H22N2O2S2/c1-9(6-11)15-8-10-4-3-5-12(7-10)16(2,13)14/h9-10H,3-8,11H2,1-2H3. The van der Waals surface area contributed by atoms with Crippen LogP contribution in [0.4, 0.5) is 0 Å². The predicted molar refractivity (Wildman–Crippen MR) is 70.1 cm³/mol. The normalized spacial score (nSPS) is 25.6. The van der Waals surface area contributed by atoms with Gasteiger partial charge in [-0.25, -0.2) is 12.7 Å². The van der Waals surface area contributed by atoms with Crippen LogP contribution in [0, 0.1) is 5.92 Å². The summed E-state index contributed by atoms with van der Waals surface area (Å²) in [5.41, 5.74) is 5.56. The van der Waals surface area contributed by atoms with E-state index < -0.39 is 10.0 Å². The van der Waals surface area contributed by atoms with E-state index >= 15 is 0 Å². The summed E-state index contributed by atoms with van der Waals surface area (Å²) in [7, 11) is -3.00. The first-order valence-electron chi connectivity index (χ1n) is 5.70. The number of hydrogen-bond donors (Lipinski definition) is 1. The Bertz CT molecular complexity index is 306. The number of piperidine rings is 1. The Morgan fingerprint density at radius 1 is 1.56 bits per heavy atom. The van der Waals surface area contributed by atoms with E-state index in [1.807, 2.05) is 11.8 Å². The number of thioether (sulfide) groups is 1. The summed E-state index contributed by atoms with van der Waals surface area (Å²) >= 11 is 1.85. The lowest BCUT2D eigenvalue weighted by Crippen LogP contribution is -2.40. The van der Waals surface area contributed by atoms with Crippen molar-refractivity contribution in [3.05, 3.63) is 0 Å². The van der Waals surface area contributed by atoms with Crippen LogP contribution in [0.5, 0.6) is 0 Å². The van der Waals surface area contributed by atoms with Gasteiger partial charge >= 0.3 is 0 Å². The third-order valence-electron chi connectivity index (χ3n) is 2.90. The molecule has 0 radical (unpaired) electrons. The van der Waals surface area contributed by atoms with Gasteiger partial charge in [0.1, 0.15) is 0 Å². The third kappa shape index (κ3) is 4.61. The molecule has 6 heteroatoms. The first-order chi connectivity index (χ1) is 7.43. The molecule has 2 unspecified atom stereocenters. The molecule has 0 aromatic carbocycles. The Hall–Kier alpha value is 0.220. The van der Waals surface area contributed by atoms with Crippen molar-refractivity contribution < 1.29 is 8.42 Å². The topological polar surface area (TPSA) is 63.4 Å². The van der Waals surface area contributed by atoms with Gasteiger partial charge in [0.05, 0.1) is 6.26 Å². The summed E-state index contributed by atoms with van der Waals surface area (Å²) in [6.07, 6.45) is 3.41. The Morgan fingerprint density at radius 2 is 2.25 bits per heavy atom. The molecule has 0 aromatic heterocycles. The van der Waals surface area contributed by atoms with E-state index in [4.69, 9.17) is 5.73 Å². The molecule has 2 N–H and O–H groups in total. The van der Waals surface area contributed by atoms with Gasteiger partial charge in [0.25, 0.3) is 0 Å². The second-order valence-electron chi connectivity index (χ2n) is 4.51. The van der Waals surface area contributed by atoms with Crippen molar-refractivity contribution in [1.29, 1.82) is 0 Å². The number of rotatable bonds is 5. The molecule has 16 heavy (non-hydrogen) atoms. The first-order valence-corrected chi connectivity index (χ1v) is 8.60. The summed E-state index contributed by atoms with van der Waals surface area (Å²) in [5.74, 6) is 1.51. The molecule has 96 valence electrons. The summed E-state index contributed by atoms with van der Waals surface area (Å²) in [6.45, 7) is 4.17. The molecule has 0 saturated carbocycles. The molecule has 1 saturated heterocycles. The maximum atomic E-state index is 11.4. The van der Waals surface area contributed by atoms with Gasteiger partial charge in [0.15, 0.2) is 0 Å². The van der Waals surface area contributed by atoms with Crippen molar-refractivity contribution in [2.45, 2.75) is 25.0 Å². The van der Waals surface area contributed by atoms with Crippen LogP contribution in [0.15, 0.2) is 0 Å². The Balaban J connectivity index is 2.39. The lowest BCUT2D eigenvalue weighted by atomic mass is 10.0. The van der Waals surface area contributed by atoms with E-state index in [2.05, 4.69) is 6.92 Å². The van der Waals surface area contributed by atoms with Crippen LogP contribution >= 0.6 is 11.8 Å². The molecule has 0 aromatic rings. The number of sulfonamides is 1. The molecule has 0 amide bonds. The highest BCUT2D eigenvalue weighted by Crippen LogP contribution is 2.23. The van der Waals surface area contributed by atoms with E-state index in [1.54, 1.807) is 4.31 Å². The quantitative estimate of drug-likeness (QED) is 0.797. The highest BCUT2D eigenvalue weighted by atomic mass is 32.2. The summed E-state index contributed by atoms with van der Waals surface area (Å²) in [4.78, 5) is 0. The average molecular weight is 266 g/mol. The number of hydrogen-bond acceptors (Lipinski definition) is 4. The van der Waals surface area contributed by atoms with Crippen molar-refractivity contribution in [3.63, 3.8) is 0 Å². The van der Waals surface area contributed by atoms with Crippen molar-refractivity contribution in [1.82, 2.24) is 4.31 Å². The van der Waals surface area contributed by atoms with E-state index in [0.717, 1.165) is 18.6 Å². The molecule has 0 bridgehead atoms. The zero-order chi connectivity index (χ0) is 12.2. The van der Waals surface area contributed by atoms with Crippen LogP contribution in [0.2, 0.25) is 0 Å². The fourth-order valence-corrected chi connectivity index (χ4v) is 3.78. The molecule has 1 aliphatic rings. The maximum Gasteiger partial charge on any atom is 0.211 e. The minimum absolute atomic E-state index is 0.466. The van der Waals surface area contributed by atoms with E-state index in [0.29, 0.717) is 30.8 Å². The second kappa shape index (κ2) is 6.23. The molecule has 0 aliphatic carbocycles. The molecule has 1 aliphatic heterocycles. The molecule has 1 fully saturated rings. The molecule has 1 rings (SSSR count). The first kappa shape index (κ1) is 14.3. The van der Waals surface area contributed by atoms with Crippen LogP contribution in [0.1, 0.15) is 19.8 Å². The summed E-state index contributed by atoms with van der Waals surface area (Å²) < 4.78 is 24.5. The maximum absolute atomic E-state index is 11.4. The van der Waals surface area contributed by atoms with Gasteiger partial charge < -0.3 is 5.73 Å². The smallest absolute Gasteiger partial charge is 0.211 e. The zero-order valence-corrected chi connectivity index (χ0v) is 11.7. The average Bonchev–Trinajstić information content (AvgIpc) is 2.25. The van der Waals surface area contributed by atoms with Gasteiger partial charge in [0.2, 0.25) is 10.0 Å². The van der Waals surface area contributed by atoms with Gasteiger partial charge in [-0.3, -0.25) is 0 Å². The van der Waals surface area contributed by atoms with Gasteiger partial charge in [-0.05, 0) is 24.5 Å². The van der Waals surface area contributed by atoms with Gasteiger partial charge in [-0.15, -0.1) is 0 Å². The Kier molecular flexibility index (Phi) is 5.56. The van der Waals surface area contributed by atoms with Crippen molar-refractivity contribution in [2.75, 3.05) is 31.6 Å². The van der Waals surface area contributed by atoms with Crippen LogP contribution in [-0.4, -0.2) is 49.6 Å². The molecule has 4 nitrogen and oxygen atoms in total. The number of nitrogens with zero attached hydrogens (tertiary/aromatic N) is 1. The number of nitrogens with two attached hydrogens (primary N) is 1. The minimum atomic E-state index is -3.00. The fourth-order valence-electron chi connectivity index (χ4n) is 1.83. The van der Waals surface area contributed by atoms with Crippen LogP contribution in [0.3, 0.4) is 0 Å². The summed E-state index contributed by atoms with van der Waals surface area (Å²) in [6, 6.07) is 0. The second-order valence-corrected chi connectivity index (χ2v) is 7.96. The van der Waals surface area contributed by atoms with E-state index in [-0.39, 0.29) is 0 Å². The molecule has 0 spiro atoms. The lowest BCUT2D eigenvalue weighted by Gasteiger charge is -2.31. The molecular weight excluding hydrogens is 244 g/mol. The Morgan fingerprint density at radius 3 is 2.81 bits per heavy atom. The Labute approximate surface area is 103 Å². The predicted octanol–water partition coefficient (Wildman–Crippen LogP) is 0.738. The molecule has 1 heterocycles. The van der Waals surface area contributed by atoms with Gasteiger partial charge in [-0.1, -0.05) is 6.92 Å². The monoisotopic (exact) mass is 266 g/mol. The van der Waals surface area contributed by atoms with Crippen LogP contribution < -0.4 is 5.73 Å². The SMILES string of the molecule is CC(CN)SCC1CCCN(S(C)(=O)=O)C1. The van der Waals surface area contributed by atoms with Gasteiger partial charge in [-0.2, -0.15) is 11.8 Å². The minimum Gasteiger partial charge on any atom is -0.329 e.